The Morgan fingerprint density at radius 3 is 2.71 bits per heavy atom. The lowest BCUT2D eigenvalue weighted by Gasteiger charge is -2.07. The predicted octanol–water partition coefficient (Wildman–Crippen LogP) is 0.951. The van der Waals surface area contributed by atoms with Gasteiger partial charge in [0.2, 0.25) is 0 Å². The minimum atomic E-state index is -1.02. The molecule has 0 aliphatic rings. The molecule has 76 valence electrons. The molecule has 4 N–H and O–H groups in total. The molecule has 0 amide bonds. The van der Waals surface area contributed by atoms with Crippen LogP contribution in [0.3, 0.4) is 0 Å². The number of nitrogens with two attached hydrogens (primary N) is 1. The van der Waals surface area contributed by atoms with Crippen LogP contribution < -0.4 is 5.73 Å². The number of carboxylic acids is 1. The third-order valence-corrected chi connectivity index (χ3v) is 2.65. The van der Waals surface area contributed by atoms with Gasteiger partial charge in [0.1, 0.15) is 11.8 Å². The number of rotatable bonds is 3. The Morgan fingerprint density at radius 2 is 2.21 bits per heavy atom. The minimum Gasteiger partial charge on any atom is -0.507 e. The van der Waals surface area contributed by atoms with E-state index in [-0.39, 0.29) is 12.2 Å². The molecule has 0 saturated carbocycles. The van der Waals surface area contributed by atoms with Crippen LogP contribution in [0.1, 0.15) is 5.56 Å². The van der Waals surface area contributed by atoms with Crippen LogP contribution in [0.25, 0.3) is 0 Å². The van der Waals surface area contributed by atoms with E-state index in [2.05, 4.69) is 0 Å². The Bertz CT molecular complexity index is 354. The second kappa shape index (κ2) is 4.61. The molecule has 0 aromatic heterocycles. The zero-order valence-electron chi connectivity index (χ0n) is 7.27. The summed E-state index contributed by atoms with van der Waals surface area (Å²) in [6, 6.07) is 4.03. The summed E-state index contributed by atoms with van der Waals surface area (Å²) in [6.45, 7) is 0. The zero-order chi connectivity index (χ0) is 10.7. The van der Waals surface area contributed by atoms with Crippen molar-refractivity contribution < 1.29 is 15.0 Å². The Kier molecular flexibility index (Phi) is 3.70. The highest BCUT2D eigenvalue weighted by atomic mass is 125. The van der Waals surface area contributed by atoms with E-state index in [0.29, 0.717) is 3.57 Å². The zero-order valence-corrected chi connectivity index (χ0v) is 9.43. The van der Waals surface area contributed by atoms with Crippen LogP contribution >= 0.6 is 22.6 Å². The smallest absolute Gasteiger partial charge is 0.320 e. The highest BCUT2D eigenvalue weighted by molar-refractivity contribution is 14.1. The fourth-order valence-corrected chi connectivity index (χ4v) is 1.60. The summed E-state index contributed by atoms with van der Waals surface area (Å²) in [5, 5.41) is 17.8. The van der Waals surface area contributed by atoms with Gasteiger partial charge in [0.05, 0.1) is 3.57 Å². The summed E-state index contributed by atoms with van der Waals surface area (Å²) in [5.74, 6) is -0.827. The maximum absolute atomic E-state index is 10.5. The van der Waals surface area contributed by atoms with Crippen molar-refractivity contribution in [3.05, 3.63) is 27.3 Å². The number of phenols is 1. The summed E-state index contributed by atoms with van der Waals surface area (Å²) < 4.78 is 0.692. The van der Waals surface area contributed by atoms with E-state index in [9.17, 15) is 9.90 Å². The molecule has 0 aliphatic heterocycles. The average Bonchev–Trinajstić information content (AvgIpc) is 2.11. The van der Waals surface area contributed by atoms with Gasteiger partial charge in [-0.3, -0.25) is 4.79 Å². The molecule has 1 atom stereocenters. The monoisotopic (exact) mass is 305 g/mol. The van der Waals surface area contributed by atoms with Crippen LogP contribution in [0.5, 0.6) is 5.75 Å². The molecule has 14 heavy (non-hydrogen) atoms. The standard InChI is InChI=1S/C9H10INO3/c10-6-3-5(1-2-8(6)12)4-7(11)9(13)14/h1-3,7,12H,4,11H2,(H,13,14)/i10-2. The lowest BCUT2D eigenvalue weighted by molar-refractivity contribution is -0.138. The molecule has 0 bridgehead atoms. The van der Waals surface area contributed by atoms with Crippen molar-refractivity contribution >= 4 is 28.6 Å². The summed E-state index contributed by atoms with van der Waals surface area (Å²) in [4.78, 5) is 10.5. The quantitative estimate of drug-likeness (QED) is 0.726. The Morgan fingerprint density at radius 1 is 1.57 bits per heavy atom. The number of phenolic OH excluding ortho intramolecular Hbond substituents is 1. The molecule has 1 rings (SSSR count). The number of aliphatic carboxylic acids is 1. The van der Waals surface area contributed by atoms with Crippen LogP contribution in [-0.2, 0) is 11.2 Å². The van der Waals surface area contributed by atoms with Crippen molar-refractivity contribution in [3.8, 4) is 5.75 Å². The van der Waals surface area contributed by atoms with Crippen molar-refractivity contribution in [2.75, 3.05) is 0 Å². The van der Waals surface area contributed by atoms with Crippen molar-refractivity contribution in [1.29, 1.82) is 0 Å². The number of hydrogen-bond acceptors (Lipinski definition) is 3. The van der Waals surface area contributed by atoms with Crippen LogP contribution in [0.2, 0.25) is 0 Å². The maximum atomic E-state index is 10.5. The van der Waals surface area contributed by atoms with Crippen molar-refractivity contribution in [2.45, 2.75) is 12.5 Å². The van der Waals surface area contributed by atoms with Gasteiger partial charge in [-0.15, -0.1) is 0 Å². The van der Waals surface area contributed by atoms with Gasteiger partial charge in [-0.1, -0.05) is 6.07 Å². The predicted molar refractivity (Wildman–Crippen MR) is 60.1 cm³/mol. The first-order chi connectivity index (χ1) is 6.50. The van der Waals surface area contributed by atoms with E-state index in [1.54, 1.807) is 12.1 Å². The van der Waals surface area contributed by atoms with Crippen molar-refractivity contribution in [3.63, 3.8) is 0 Å². The molecule has 0 aliphatic carbocycles. The highest BCUT2D eigenvalue weighted by Crippen LogP contribution is 2.20. The molecule has 1 unspecified atom stereocenters. The minimum absolute atomic E-state index is 0.193. The number of halogens is 1. The third-order valence-electron chi connectivity index (χ3n) is 1.78. The van der Waals surface area contributed by atoms with Crippen molar-refractivity contribution in [2.24, 2.45) is 5.73 Å². The summed E-state index contributed by atoms with van der Waals surface area (Å²) in [7, 11) is 0. The molecule has 4 nitrogen and oxygen atoms in total. The summed E-state index contributed by atoms with van der Waals surface area (Å²) in [6.07, 6.45) is 0.269. The van der Waals surface area contributed by atoms with E-state index < -0.39 is 12.0 Å². The van der Waals surface area contributed by atoms with E-state index in [1.807, 2.05) is 22.6 Å². The van der Waals surface area contributed by atoms with Gasteiger partial charge < -0.3 is 15.9 Å². The third kappa shape index (κ3) is 2.85. The second-order valence-electron chi connectivity index (χ2n) is 2.93. The first kappa shape index (κ1) is 11.3. The molecule has 0 spiro atoms. The van der Waals surface area contributed by atoms with Gasteiger partial charge in [-0.2, -0.15) is 0 Å². The fourth-order valence-electron chi connectivity index (χ4n) is 1.02. The van der Waals surface area contributed by atoms with Gasteiger partial charge >= 0.3 is 5.97 Å². The molecule has 1 aromatic carbocycles. The largest absolute Gasteiger partial charge is 0.507 e. The lowest BCUT2D eigenvalue weighted by atomic mass is 10.1. The van der Waals surface area contributed by atoms with Gasteiger partial charge in [0.15, 0.2) is 0 Å². The molecular weight excluding hydrogens is 295 g/mol. The normalized spacial score (nSPS) is 12.4. The molecule has 0 saturated heterocycles. The molecule has 5 heteroatoms. The molecule has 0 radical (unpaired) electrons. The number of hydrogen-bond donors (Lipinski definition) is 3. The first-order valence-electron chi connectivity index (χ1n) is 3.96. The van der Waals surface area contributed by atoms with E-state index in [4.69, 9.17) is 10.8 Å². The molecule has 1 aromatic rings. The van der Waals surface area contributed by atoms with E-state index >= 15 is 0 Å². The van der Waals surface area contributed by atoms with Crippen LogP contribution in [-0.4, -0.2) is 22.2 Å². The fraction of sp³-hybridized carbons (Fsp3) is 0.222. The topological polar surface area (TPSA) is 83.5 Å². The Labute approximate surface area is 94.9 Å². The summed E-state index contributed by atoms with van der Waals surface area (Å²) >= 11 is 1.98. The molecule has 0 fully saturated rings. The number of benzene rings is 1. The SMILES string of the molecule is NC(Cc1ccc(O)c([125I])c1)C(=O)O. The first-order valence-corrected chi connectivity index (χ1v) is 5.04. The molecular formula is C9H10INO3. The number of aromatic hydroxyl groups is 1. The molecule has 0 heterocycles. The average molecular weight is 305 g/mol. The van der Waals surface area contributed by atoms with Gasteiger partial charge in [0.25, 0.3) is 0 Å². The van der Waals surface area contributed by atoms with Gasteiger partial charge in [-0.05, 0) is 46.7 Å². The van der Waals surface area contributed by atoms with Crippen LogP contribution in [0.4, 0.5) is 0 Å². The van der Waals surface area contributed by atoms with Crippen LogP contribution in [0, 0.1) is 3.57 Å². The maximum Gasteiger partial charge on any atom is 0.320 e. The Hall–Kier alpha value is -0.820. The highest BCUT2D eigenvalue weighted by Gasteiger charge is 2.12. The second-order valence-corrected chi connectivity index (χ2v) is 4.10. The Balaban J connectivity index is 2.78. The van der Waals surface area contributed by atoms with E-state index in [1.165, 1.54) is 6.07 Å². The van der Waals surface area contributed by atoms with Gasteiger partial charge in [-0.25, -0.2) is 0 Å². The number of carboxylic acid groups (broad SMARTS) is 1. The summed E-state index contributed by atoms with van der Waals surface area (Å²) in [5.41, 5.74) is 6.18. The lowest BCUT2D eigenvalue weighted by Crippen LogP contribution is -2.32. The number of carbonyl (C=O) groups is 1. The van der Waals surface area contributed by atoms with Gasteiger partial charge in [0, 0.05) is 0 Å². The van der Waals surface area contributed by atoms with E-state index in [0.717, 1.165) is 5.56 Å². The van der Waals surface area contributed by atoms with Crippen LogP contribution in [0.15, 0.2) is 18.2 Å². The van der Waals surface area contributed by atoms with Crippen molar-refractivity contribution in [1.82, 2.24) is 0 Å².